The van der Waals surface area contributed by atoms with Crippen LogP contribution in [0, 0.1) is 17.3 Å². The van der Waals surface area contributed by atoms with E-state index in [2.05, 4.69) is 13.8 Å². The molecule has 1 heterocycles. The van der Waals surface area contributed by atoms with Crippen molar-refractivity contribution >= 4 is 6.09 Å². The molecule has 4 nitrogen and oxygen atoms in total. The number of nitrogens with zero attached hydrogens (tertiary/aromatic N) is 1. The molecule has 2 aliphatic rings. The predicted molar refractivity (Wildman–Crippen MR) is 64.6 cm³/mol. The van der Waals surface area contributed by atoms with Crippen molar-refractivity contribution in [2.45, 2.75) is 46.3 Å². The standard InChI is InChI=1S/C13H23NO3/c1-12(2,3)17-11(16)14-6-8-10(9(14)7-15)13(8,4)5/h8-10,15H,6-7H2,1-5H3. The zero-order valence-electron chi connectivity index (χ0n) is 11.4. The van der Waals surface area contributed by atoms with Crippen LogP contribution in [0.15, 0.2) is 0 Å². The van der Waals surface area contributed by atoms with Crippen molar-refractivity contribution in [3.05, 3.63) is 0 Å². The van der Waals surface area contributed by atoms with E-state index in [0.717, 1.165) is 6.54 Å². The molecule has 1 N–H and O–H groups in total. The van der Waals surface area contributed by atoms with Gasteiger partial charge >= 0.3 is 6.09 Å². The van der Waals surface area contributed by atoms with Crippen LogP contribution in [0.5, 0.6) is 0 Å². The number of ether oxygens (including phenoxy) is 1. The summed E-state index contributed by atoms with van der Waals surface area (Å²) in [5.74, 6) is 0.951. The van der Waals surface area contributed by atoms with Crippen LogP contribution in [0.2, 0.25) is 0 Å². The smallest absolute Gasteiger partial charge is 0.410 e. The molecule has 2 rings (SSSR count). The van der Waals surface area contributed by atoms with Gasteiger partial charge in [-0.25, -0.2) is 4.79 Å². The average Bonchev–Trinajstić information content (AvgIpc) is 2.59. The lowest BCUT2D eigenvalue weighted by atomic mass is 10.0. The highest BCUT2D eigenvalue weighted by Crippen LogP contribution is 2.64. The molecule has 4 heteroatoms. The van der Waals surface area contributed by atoms with E-state index in [1.165, 1.54) is 0 Å². The van der Waals surface area contributed by atoms with Crippen molar-refractivity contribution in [3.63, 3.8) is 0 Å². The third kappa shape index (κ3) is 2.03. The Bertz CT molecular complexity index is 332. The molecule has 1 amide bonds. The van der Waals surface area contributed by atoms with Crippen molar-refractivity contribution in [2.75, 3.05) is 13.2 Å². The van der Waals surface area contributed by atoms with Crippen LogP contribution >= 0.6 is 0 Å². The van der Waals surface area contributed by atoms with Crippen LogP contribution in [0.25, 0.3) is 0 Å². The van der Waals surface area contributed by atoms with E-state index in [1.807, 2.05) is 20.8 Å². The molecular weight excluding hydrogens is 218 g/mol. The zero-order chi connectivity index (χ0) is 13.0. The summed E-state index contributed by atoms with van der Waals surface area (Å²) in [6.45, 7) is 10.7. The Balaban J connectivity index is 2.03. The van der Waals surface area contributed by atoms with Crippen LogP contribution < -0.4 is 0 Å². The number of rotatable bonds is 1. The molecule has 0 aromatic carbocycles. The fourth-order valence-corrected chi connectivity index (χ4v) is 3.18. The Labute approximate surface area is 103 Å². The van der Waals surface area contributed by atoms with E-state index in [-0.39, 0.29) is 24.2 Å². The molecular formula is C13H23NO3. The molecule has 17 heavy (non-hydrogen) atoms. The molecule has 1 aliphatic carbocycles. The van der Waals surface area contributed by atoms with Gasteiger partial charge < -0.3 is 14.7 Å². The van der Waals surface area contributed by atoms with E-state index in [0.29, 0.717) is 11.8 Å². The summed E-state index contributed by atoms with van der Waals surface area (Å²) in [5.41, 5.74) is -0.203. The van der Waals surface area contributed by atoms with Gasteiger partial charge in [0.1, 0.15) is 5.60 Å². The average molecular weight is 241 g/mol. The van der Waals surface area contributed by atoms with E-state index < -0.39 is 5.60 Å². The lowest BCUT2D eigenvalue weighted by Gasteiger charge is -2.31. The summed E-state index contributed by atoms with van der Waals surface area (Å²) in [7, 11) is 0. The van der Waals surface area contributed by atoms with Crippen molar-refractivity contribution in [1.29, 1.82) is 0 Å². The maximum atomic E-state index is 12.0. The van der Waals surface area contributed by atoms with Gasteiger partial charge in [-0.15, -0.1) is 0 Å². The second-order valence-electron chi connectivity index (χ2n) is 6.84. The lowest BCUT2D eigenvalue weighted by molar-refractivity contribution is 0.00960. The molecule has 1 saturated carbocycles. The van der Waals surface area contributed by atoms with Crippen LogP contribution in [0.1, 0.15) is 34.6 Å². The van der Waals surface area contributed by atoms with Crippen LogP contribution in [0.4, 0.5) is 4.79 Å². The molecule has 3 unspecified atom stereocenters. The number of fused-ring (bicyclic) bond motifs is 1. The van der Waals surface area contributed by atoms with E-state index in [9.17, 15) is 9.90 Å². The number of piperidine rings is 1. The van der Waals surface area contributed by atoms with Gasteiger partial charge in [0.2, 0.25) is 0 Å². The topological polar surface area (TPSA) is 49.8 Å². The highest BCUT2D eigenvalue weighted by Gasteiger charge is 2.67. The number of carbonyl (C=O) groups is 1. The first-order valence-electron chi connectivity index (χ1n) is 6.29. The molecule has 2 fully saturated rings. The maximum absolute atomic E-state index is 12.0. The van der Waals surface area contributed by atoms with E-state index in [4.69, 9.17) is 4.74 Å². The summed E-state index contributed by atoms with van der Waals surface area (Å²) in [4.78, 5) is 13.7. The summed E-state index contributed by atoms with van der Waals surface area (Å²) >= 11 is 0. The SMILES string of the molecule is CC(C)(C)OC(=O)N1CC2C(C1CO)C2(C)C. The Hall–Kier alpha value is -0.770. The monoisotopic (exact) mass is 241 g/mol. The van der Waals surface area contributed by atoms with Gasteiger partial charge in [-0.05, 0) is 38.0 Å². The van der Waals surface area contributed by atoms with Crippen molar-refractivity contribution in [2.24, 2.45) is 17.3 Å². The van der Waals surface area contributed by atoms with Gasteiger partial charge in [0.15, 0.2) is 0 Å². The van der Waals surface area contributed by atoms with E-state index in [1.54, 1.807) is 4.90 Å². The van der Waals surface area contributed by atoms with Gasteiger partial charge in [0.05, 0.1) is 12.6 Å². The molecule has 98 valence electrons. The van der Waals surface area contributed by atoms with Crippen LogP contribution in [-0.4, -0.2) is 40.9 Å². The number of aliphatic hydroxyl groups excluding tert-OH is 1. The van der Waals surface area contributed by atoms with Gasteiger partial charge in [0, 0.05) is 6.54 Å². The fraction of sp³-hybridized carbons (Fsp3) is 0.923. The second-order valence-corrected chi connectivity index (χ2v) is 6.84. The summed E-state index contributed by atoms with van der Waals surface area (Å²) in [5, 5.41) is 9.46. The van der Waals surface area contributed by atoms with Gasteiger partial charge in [0.25, 0.3) is 0 Å². The summed E-state index contributed by atoms with van der Waals surface area (Å²) in [6.07, 6.45) is -0.292. The minimum absolute atomic E-state index is 0.0316. The Kier molecular flexibility index (Phi) is 2.69. The number of aliphatic hydroxyl groups is 1. The maximum Gasteiger partial charge on any atom is 0.410 e. The largest absolute Gasteiger partial charge is 0.444 e. The van der Waals surface area contributed by atoms with Crippen LogP contribution in [0.3, 0.4) is 0 Å². The molecule has 1 aliphatic heterocycles. The fourth-order valence-electron chi connectivity index (χ4n) is 3.18. The quantitative estimate of drug-likeness (QED) is 0.762. The number of hydrogen-bond donors (Lipinski definition) is 1. The predicted octanol–water partition coefficient (Wildman–Crippen LogP) is 1.87. The number of carbonyl (C=O) groups excluding carboxylic acids is 1. The van der Waals surface area contributed by atoms with Gasteiger partial charge in [-0.1, -0.05) is 13.8 Å². The highest BCUT2D eigenvalue weighted by molar-refractivity contribution is 5.69. The number of hydrogen-bond acceptors (Lipinski definition) is 3. The van der Waals surface area contributed by atoms with Crippen molar-refractivity contribution in [1.82, 2.24) is 4.90 Å². The van der Waals surface area contributed by atoms with E-state index >= 15 is 0 Å². The van der Waals surface area contributed by atoms with Crippen molar-refractivity contribution < 1.29 is 14.6 Å². The minimum Gasteiger partial charge on any atom is -0.444 e. The highest BCUT2D eigenvalue weighted by atomic mass is 16.6. The van der Waals surface area contributed by atoms with Crippen LogP contribution in [-0.2, 0) is 4.74 Å². The van der Waals surface area contributed by atoms with Crippen molar-refractivity contribution in [3.8, 4) is 0 Å². The molecule has 1 saturated heterocycles. The number of likely N-dealkylation sites (tertiary alicyclic amines) is 1. The molecule has 0 spiro atoms. The third-order valence-corrected chi connectivity index (χ3v) is 4.16. The van der Waals surface area contributed by atoms with Gasteiger partial charge in [-0.2, -0.15) is 0 Å². The third-order valence-electron chi connectivity index (χ3n) is 4.16. The Morgan fingerprint density at radius 2 is 2.06 bits per heavy atom. The summed E-state index contributed by atoms with van der Waals surface area (Å²) < 4.78 is 5.37. The molecule has 0 bridgehead atoms. The first kappa shape index (κ1) is 12.7. The molecule has 0 aromatic rings. The first-order chi connectivity index (χ1) is 7.68. The second kappa shape index (κ2) is 3.61. The lowest BCUT2D eigenvalue weighted by Crippen LogP contribution is -2.45. The Morgan fingerprint density at radius 3 is 2.53 bits per heavy atom. The first-order valence-corrected chi connectivity index (χ1v) is 6.29. The molecule has 3 atom stereocenters. The molecule has 0 radical (unpaired) electrons. The molecule has 0 aromatic heterocycles. The summed E-state index contributed by atoms with van der Waals surface area (Å²) in [6, 6.07) is -0.0650. The minimum atomic E-state index is -0.473. The number of amides is 1. The normalized spacial score (nSPS) is 34.5. The van der Waals surface area contributed by atoms with Gasteiger partial charge in [-0.3, -0.25) is 0 Å². The Morgan fingerprint density at radius 1 is 1.47 bits per heavy atom. The zero-order valence-corrected chi connectivity index (χ0v) is 11.4.